The predicted molar refractivity (Wildman–Crippen MR) is 101 cm³/mol. The second-order valence-corrected chi connectivity index (χ2v) is 7.24. The lowest BCUT2D eigenvalue weighted by Gasteiger charge is -2.26. The van der Waals surface area contributed by atoms with Gasteiger partial charge < -0.3 is 10.6 Å². The lowest BCUT2D eigenvalue weighted by Crippen LogP contribution is -2.38. The van der Waals surface area contributed by atoms with E-state index in [4.69, 9.17) is 4.99 Å². The SMILES string of the molecule is CCNC(=NCCCc1cnn(C)c1)NCCC1CCCC(C)C1. The van der Waals surface area contributed by atoms with Crippen molar-refractivity contribution in [3.63, 3.8) is 0 Å². The summed E-state index contributed by atoms with van der Waals surface area (Å²) in [6.45, 7) is 7.31. The molecule has 0 radical (unpaired) electrons. The van der Waals surface area contributed by atoms with Crippen LogP contribution in [0.1, 0.15) is 57.9 Å². The number of hydrogen-bond acceptors (Lipinski definition) is 2. The van der Waals surface area contributed by atoms with Gasteiger partial charge in [0.1, 0.15) is 0 Å². The predicted octanol–water partition coefficient (Wildman–Crippen LogP) is 3.12. The molecule has 2 N–H and O–H groups in total. The van der Waals surface area contributed by atoms with Gasteiger partial charge in [0.05, 0.1) is 6.20 Å². The third kappa shape index (κ3) is 6.93. The quantitative estimate of drug-likeness (QED) is 0.436. The summed E-state index contributed by atoms with van der Waals surface area (Å²) in [5, 5.41) is 11.1. The fraction of sp³-hybridized carbons (Fsp3) is 0.789. The monoisotopic (exact) mass is 333 g/mol. The molecule has 0 aromatic carbocycles. The maximum Gasteiger partial charge on any atom is 0.191 e. The minimum absolute atomic E-state index is 0.852. The summed E-state index contributed by atoms with van der Waals surface area (Å²) in [6.07, 6.45) is 13.0. The molecule has 0 spiro atoms. The van der Waals surface area contributed by atoms with Crippen molar-refractivity contribution in [1.82, 2.24) is 20.4 Å². The van der Waals surface area contributed by atoms with Gasteiger partial charge in [-0.25, -0.2) is 0 Å². The van der Waals surface area contributed by atoms with Crippen molar-refractivity contribution in [2.75, 3.05) is 19.6 Å². The number of nitrogens with one attached hydrogen (secondary N) is 2. The summed E-state index contributed by atoms with van der Waals surface area (Å²) < 4.78 is 1.86. The number of rotatable bonds is 8. The average molecular weight is 334 g/mol. The van der Waals surface area contributed by atoms with Gasteiger partial charge in [-0.05, 0) is 50.0 Å². The topological polar surface area (TPSA) is 54.2 Å². The standard InChI is InChI=1S/C19H35N5/c1-4-20-19(21-11-6-9-18-14-23-24(3)15-18)22-12-10-17-8-5-7-16(2)13-17/h14-17H,4-13H2,1-3H3,(H2,20,21,22). The normalized spacial score (nSPS) is 21.7. The second kappa shape index (κ2) is 10.4. The van der Waals surface area contributed by atoms with Crippen LogP contribution in [0.4, 0.5) is 0 Å². The van der Waals surface area contributed by atoms with Crippen molar-refractivity contribution in [3.05, 3.63) is 18.0 Å². The molecule has 1 aromatic rings. The van der Waals surface area contributed by atoms with Crippen LogP contribution < -0.4 is 10.6 Å². The molecular weight excluding hydrogens is 298 g/mol. The van der Waals surface area contributed by atoms with Gasteiger partial charge >= 0.3 is 0 Å². The van der Waals surface area contributed by atoms with Crippen molar-refractivity contribution in [1.29, 1.82) is 0 Å². The summed E-state index contributed by atoms with van der Waals surface area (Å²) >= 11 is 0. The first-order valence-corrected chi connectivity index (χ1v) is 9.67. The van der Waals surface area contributed by atoms with Crippen molar-refractivity contribution in [3.8, 4) is 0 Å². The molecule has 0 bridgehead atoms. The summed E-state index contributed by atoms with van der Waals surface area (Å²) in [5.41, 5.74) is 1.29. The van der Waals surface area contributed by atoms with E-state index in [2.05, 4.69) is 35.8 Å². The molecule has 2 atom stereocenters. The Morgan fingerprint density at radius 2 is 2.25 bits per heavy atom. The van der Waals surface area contributed by atoms with Crippen LogP contribution >= 0.6 is 0 Å². The molecule has 0 amide bonds. The molecule has 5 heteroatoms. The molecule has 0 saturated heterocycles. The molecule has 2 unspecified atom stereocenters. The fourth-order valence-electron chi connectivity index (χ4n) is 3.63. The van der Waals surface area contributed by atoms with Gasteiger partial charge in [-0.15, -0.1) is 0 Å². The maximum absolute atomic E-state index is 4.70. The number of aromatic nitrogens is 2. The molecule has 136 valence electrons. The molecule has 2 rings (SSSR count). The van der Waals surface area contributed by atoms with Crippen LogP contribution in [0.3, 0.4) is 0 Å². The van der Waals surface area contributed by atoms with E-state index in [0.717, 1.165) is 50.3 Å². The number of aryl methyl sites for hydroxylation is 2. The minimum Gasteiger partial charge on any atom is -0.357 e. The van der Waals surface area contributed by atoms with Gasteiger partial charge in [0.15, 0.2) is 5.96 Å². The molecular formula is C19H35N5. The molecule has 1 saturated carbocycles. The van der Waals surface area contributed by atoms with Gasteiger partial charge in [0, 0.05) is 32.9 Å². The molecule has 0 aliphatic heterocycles. The number of guanidine groups is 1. The zero-order valence-electron chi connectivity index (χ0n) is 15.7. The van der Waals surface area contributed by atoms with E-state index >= 15 is 0 Å². The third-order valence-corrected chi connectivity index (χ3v) is 4.89. The van der Waals surface area contributed by atoms with Crippen LogP contribution in [0.25, 0.3) is 0 Å². The zero-order chi connectivity index (χ0) is 17.2. The highest BCUT2D eigenvalue weighted by Crippen LogP contribution is 2.30. The van der Waals surface area contributed by atoms with Crippen LogP contribution in [0, 0.1) is 11.8 Å². The Morgan fingerprint density at radius 3 is 2.96 bits per heavy atom. The first-order chi connectivity index (χ1) is 11.7. The lowest BCUT2D eigenvalue weighted by atomic mass is 9.81. The Kier molecular flexibility index (Phi) is 8.13. The van der Waals surface area contributed by atoms with Crippen LogP contribution in [0.5, 0.6) is 0 Å². The first kappa shape index (κ1) is 18.8. The highest BCUT2D eigenvalue weighted by molar-refractivity contribution is 5.79. The van der Waals surface area contributed by atoms with Crippen LogP contribution in [0.15, 0.2) is 17.4 Å². The van der Waals surface area contributed by atoms with Gasteiger partial charge in [-0.3, -0.25) is 9.67 Å². The van der Waals surface area contributed by atoms with Crippen LogP contribution in [-0.2, 0) is 13.5 Å². The molecule has 1 aromatic heterocycles. The number of hydrogen-bond donors (Lipinski definition) is 2. The van der Waals surface area contributed by atoms with Crippen molar-refractivity contribution >= 4 is 5.96 Å². The maximum atomic E-state index is 4.70. The lowest BCUT2D eigenvalue weighted by molar-refractivity contribution is 0.270. The van der Waals surface area contributed by atoms with Gasteiger partial charge in [0.2, 0.25) is 0 Å². The summed E-state index contributed by atoms with van der Waals surface area (Å²) in [4.78, 5) is 4.70. The zero-order valence-corrected chi connectivity index (χ0v) is 15.7. The molecule has 24 heavy (non-hydrogen) atoms. The molecule has 5 nitrogen and oxygen atoms in total. The second-order valence-electron chi connectivity index (χ2n) is 7.24. The van der Waals surface area contributed by atoms with E-state index in [1.807, 2.05) is 17.9 Å². The average Bonchev–Trinajstić information content (AvgIpc) is 2.97. The van der Waals surface area contributed by atoms with Gasteiger partial charge in [0.25, 0.3) is 0 Å². The molecule has 1 aliphatic carbocycles. The highest BCUT2D eigenvalue weighted by Gasteiger charge is 2.18. The Labute approximate surface area is 147 Å². The van der Waals surface area contributed by atoms with E-state index in [-0.39, 0.29) is 0 Å². The van der Waals surface area contributed by atoms with E-state index < -0.39 is 0 Å². The number of aliphatic imine (C=N–C) groups is 1. The number of nitrogens with zero attached hydrogens (tertiary/aromatic N) is 3. The summed E-state index contributed by atoms with van der Waals surface area (Å²) in [6, 6.07) is 0. The Balaban J connectivity index is 1.66. The third-order valence-electron chi connectivity index (χ3n) is 4.89. The molecule has 1 aliphatic rings. The highest BCUT2D eigenvalue weighted by atomic mass is 15.2. The Morgan fingerprint density at radius 1 is 1.38 bits per heavy atom. The fourth-order valence-corrected chi connectivity index (χ4v) is 3.63. The van der Waals surface area contributed by atoms with Crippen LogP contribution in [0.2, 0.25) is 0 Å². The van der Waals surface area contributed by atoms with Crippen molar-refractivity contribution < 1.29 is 0 Å². The van der Waals surface area contributed by atoms with Crippen molar-refractivity contribution in [2.24, 2.45) is 23.9 Å². The molecule has 1 heterocycles. The smallest absolute Gasteiger partial charge is 0.191 e. The minimum atomic E-state index is 0.852. The van der Waals surface area contributed by atoms with Crippen LogP contribution in [-0.4, -0.2) is 35.4 Å². The Hall–Kier alpha value is -1.52. The summed E-state index contributed by atoms with van der Waals surface area (Å²) in [5.74, 6) is 2.78. The van der Waals surface area contributed by atoms with E-state index in [9.17, 15) is 0 Å². The van der Waals surface area contributed by atoms with E-state index in [0.29, 0.717) is 0 Å². The molecule has 1 fully saturated rings. The Bertz CT molecular complexity index is 494. The van der Waals surface area contributed by atoms with Crippen molar-refractivity contribution in [2.45, 2.75) is 58.8 Å². The largest absolute Gasteiger partial charge is 0.357 e. The first-order valence-electron chi connectivity index (χ1n) is 9.67. The van der Waals surface area contributed by atoms with Gasteiger partial charge in [-0.1, -0.05) is 26.2 Å². The van der Waals surface area contributed by atoms with E-state index in [1.165, 1.54) is 37.7 Å². The van der Waals surface area contributed by atoms with E-state index in [1.54, 1.807) is 0 Å². The summed E-state index contributed by atoms with van der Waals surface area (Å²) in [7, 11) is 1.96. The van der Waals surface area contributed by atoms with Gasteiger partial charge in [-0.2, -0.15) is 5.10 Å².